The molecule has 0 heterocycles. The number of amides is 1. The van der Waals surface area contributed by atoms with Crippen molar-refractivity contribution in [3.8, 4) is 0 Å². The van der Waals surface area contributed by atoms with Crippen LogP contribution in [0.25, 0.3) is 0 Å². The molecule has 0 bridgehead atoms. The number of rotatable bonds is 8. The average molecular weight is 273 g/mol. The first-order valence-electron chi connectivity index (χ1n) is 6.71. The van der Waals surface area contributed by atoms with Crippen LogP contribution in [0, 0.1) is 5.92 Å². The summed E-state index contributed by atoms with van der Waals surface area (Å²) in [7, 11) is 0. The number of thioether (sulfide) groups is 1. The van der Waals surface area contributed by atoms with Crippen molar-refractivity contribution in [2.45, 2.75) is 56.7 Å². The summed E-state index contributed by atoms with van der Waals surface area (Å²) in [5.74, 6) is 0.705. The lowest BCUT2D eigenvalue weighted by atomic mass is 9.87. The molecule has 1 saturated carbocycles. The Balaban J connectivity index is 2.23. The van der Waals surface area contributed by atoms with Gasteiger partial charge in [-0.3, -0.25) is 4.79 Å². The van der Waals surface area contributed by atoms with Gasteiger partial charge in [-0.25, -0.2) is 4.79 Å². The Morgan fingerprint density at radius 1 is 1.56 bits per heavy atom. The van der Waals surface area contributed by atoms with E-state index in [1.165, 1.54) is 32.1 Å². The van der Waals surface area contributed by atoms with Crippen molar-refractivity contribution in [1.82, 2.24) is 5.32 Å². The Bertz CT molecular complexity index is 273. The van der Waals surface area contributed by atoms with Gasteiger partial charge >= 0.3 is 5.97 Å². The fourth-order valence-electron chi connectivity index (χ4n) is 2.48. The van der Waals surface area contributed by atoms with Crippen molar-refractivity contribution in [1.29, 1.82) is 0 Å². The summed E-state index contributed by atoms with van der Waals surface area (Å²) < 4.78 is 0. The molecular formula is C13H23NO3S. The third kappa shape index (κ3) is 5.29. The topological polar surface area (TPSA) is 66.4 Å². The fraction of sp³-hybridized carbons (Fsp3) is 0.846. The van der Waals surface area contributed by atoms with Gasteiger partial charge in [-0.1, -0.05) is 26.2 Å². The minimum atomic E-state index is -0.947. The van der Waals surface area contributed by atoms with Crippen molar-refractivity contribution >= 4 is 24.1 Å². The van der Waals surface area contributed by atoms with E-state index < -0.39 is 12.0 Å². The second-order valence-corrected chi connectivity index (χ2v) is 6.31. The van der Waals surface area contributed by atoms with E-state index in [9.17, 15) is 9.59 Å². The van der Waals surface area contributed by atoms with E-state index in [1.54, 1.807) is 0 Å². The first-order valence-corrected chi connectivity index (χ1v) is 7.76. The van der Waals surface area contributed by atoms with Crippen LogP contribution >= 0.6 is 11.8 Å². The summed E-state index contributed by atoms with van der Waals surface area (Å²) in [6.07, 6.45) is 7.38. The van der Waals surface area contributed by atoms with E-state index in [4.69, 9.17) is 5.11 Å². The first-order chi connectivity index (χ1) is 8.67. The molecule has 1 fully saturated rings. The van der Waals surface area contributed by atoms with Crippen molar-refractivity contribution < 1.29 is 14.7 Å². The number of hydrogen-bond donors (Lipinski definition) is 2. The predicted octanol–water partition coefficient (Wildman–Crippen LogP) is 2.28. The molecule has 104 valence electrons. The van der Waals surface area contributed by atoms with Crippen molar-refractivity contribution in [2.75, 3.05) is 5.75 Å². The third-order valence-corrected chi connectivity index (χ3v) is 5.01. The van der Waals surface area contributed by atoms with E-state index >= 15 is 0 Å². The Morgan fingerprint density at radius 3 is 2.94 bits per heavy atom. The van der Waals surface area contributed by atoms with Gasteiger partial charge in [0, 0.05) is 5.25 Å². The van der Waals surface area contributed by atoms with Crippen LogP contribution in [0.3, 0.4) is 0 Å². The molecule has 4 nitrogen and oxygen atoms in total. The standard InChI is InChI=1S/C13H23NO3S/c1-2-10-4-3-5-11(8-10)18-7-6-12(13(16)17)14-9-15/h9-12H,2-8H2,1H3,(H,14,15)(H,16,17). The molecule has 3 unspecified atom stereocenters. The molecule has 0 aliphatic heterocycles. The van der Waals surface area contributed by atoms with Gasteiger partial charge < -0.3 is 10.4 Å². The second-order valence-electron chi connectivity index (χ2n) is 4.90. The monoisotopic (exact) mass is 273 g/mol. The molecule has 0 spiro atoms. The minimum Gasteiger partial charge on any atom is -0.480 e. The van der Waals surface area contributed by atoms with Gasteiger partial charge in [-0.2, -0.15) is 11.8 Å². The molecule has 1 amide bonds. The summed E-state index contributed by atoms with van der Waals surface area (Å²) in [6.45, 7) is 2.24. The van der Waals surface area contributed by atoms with Crippen molar-refractivity contribution in [2.24, 2.45) is 5.92 Å². The number of aliphatic carboxylic acids is 1. The number of carbonyl (C=O) groups is 2. The molecule has 1 aliphatic rings. The fourth-order valence-corrected chi connectivity index (χ4v) is 3.92. The van der Waals surface area contributed by atoms with Gasteiger partial charge in [-0.05, 0) is 30.9 Å². The molecule has 18 heavy (non-hydrogen) atoms. The molecule has 2 N–H and O–H groups in total. The highest BCUT2D eigenvalue weighted by atomic mass is 32.2. The van der Waals surface area contributed by atoms with Gasteiger partial charge in [0.25, 0.3) is 0 Å². The minimum absolute atomic E-state index is 0.469. The van der Waals surface area contributed by atoms with E-state index in [-0.39, 0.29) is 0 Å². The maximum atomic E-state index is 10.8. The highest BCUT2D eigenvalue weighted by Crippen LogP contribution is 2.34. The summed E-state index contributed by atoms with van der Waals surface area (Å²) in [6, 6.07) is -0.736. The van der Waals surface area contributed by atoms with Crippen LogP contribution in [0.2, 0.25) is 0 Å². The lowest BCUT2D eigenvalue weighted by Gasteiger charge is -2.28. The van der Waals surface area contributed by atoms with Crippen LogP contribution < -0.4 is 5.32 Å². The van der Waals surface area contributed by atoms with E-state index in [1.807, 2.05) is 11.8 Å². The SMILES string of the molecule is CCC1CCCC(SCCC(NC=O)C(=O)O)C1. The van der Waals surface area contributed by atoms with Crippen LogP contribution in [0.15, 0.2) is 0 Å². The van der Waals surface area contributed by atoms with Gasteiger partial charge in [-0.15, -0.1) is 0 Å². The Kier molecular flexibility index (Phi) is 7.16. The molecule has 1 rings (SSSR count). The highest BCUT2D eigenvalue weighted by molar-refractivity contribution is 7.99. The molecule has 5 heteroatoms. The van der Waals surface area contributed by atoms with Crippen LogP contribution in [-0.2, 0) is 9.59 Å². The quantitative estimate of drug-likeness (QED) is 0.666. The van der Waals surface area contributed by atoms with Crippen LogP contribution in [0.5, 0.6) is 0 Å². The molecule has 0 aromatic carbocycles. The summed E-state index contributed by atoms with van der Waals surface area (Å²) in [4.78, 5) is 21.1. The maximum Gasteiger partial charge on any atom is 0.326 e. The van der Waals surface area contributed by atoms with E-state index in [0.29, 0.717) is 18.1 Å². The zero-order chi connectivity index (χ0) is 13.4. The van der Waals surface area contributed by atoms with Crippen LogP contribution in [0.4, 0.5) is 0 Å². The van der Waals surface area contributed by atoms with Gasteiger partial charge in [0.1, 0.15) is 6.04 Å². The van der Waals surface area contributed by atoms with Gasteiger partial charge in [0.15, 0.2) is 0 Å². The number of carboxylic acids is 1. The zero-order valence-corrected chi connectivity index (χ0v) is 11.7. The summed E-state index contributed by atoms with van der Waals surface area (Å²) in [5.41, 5.74) is 0. The molecule has 0 radical (unpaired) electrons. The lowest BCUT2D eigenvalue weighted by Crippen LogP contribution is -2.36. The van der Waals surface area contributed by atoms with Crippen LogP contribution in [0.1, 0.15) is 45.4 Å². The molecule has 0 aromatic rings. The normalized spacial score (nSPS) is 25.4. The molecule has 1 aliphatic carbocycles. The Hall–Kier alpha value is -0.710. The zero-order valence-electron chi connectivity index (χ0n) is 10.9. The third-order valence-electron chi connectivity index (χ3n) is 3.64. The first kappa shape index (κ1) is 15.3. The number of carbonyl (C=O) groups excluding carboxylic acids is 1. The largest absolute Gasteiger partial charge is 0.480 e. The van der Waals surface area contributed by atoms with Crippen molar-refractivity contribution in [3.05, 3.63) is 0 Å². The van der Waals surface area contributed by atoms with Crippen LogP contribution in [-0.4, -0.2) is 34.5 Å². The number of nitrogens with one attached hydrogen (secondary N) is 1. The van der Waals surface area contributed by atoms with E-state index in [2.05, 4.69) is 12.2 Å². The molecule has 3 atom stereocenters. The summed E-state index contributed by atoms with van der Waals surface area (Å²) in [5, 5.41) is 11.9. The number of hydrogen-bond acceptors (Lipinski definition) is 3. The van der Waals surface area contributed by atoms with Gasteiger partial charge in [0.2, 0.25) is 6.41 Å². The molecular weight excluding hydrogens is 250 g/mol. The molecule has 0 saturated heterocycles. The Labute approximate surface area is 113 Å². The smallest absolute Gasteiger partial charge is 0.326 e. The maximum absolute atomic E-state index is 10.8. The second kappa shape index (κ2) is 8.40. The predicted molar refractivity (Wildman–Crippen MR) is 73.7 cm³/mol. The van der Waals surface area contributed by atoms with Crippen molar-refractivity contribution in [3.63, 3.8) is 0 Å². The molecule has 0 aromatic heterocycles. The Morgan fingerprint density at radius 2 is 2.33 bits per heavy atom. The average Bonchev–Trinajstić information content (AvgIpc) is 2.38. The lowest BCUT2D eigenvalue weighted by molar-refractivity contribution is -0.140. The van der Waals surface area contributed by atoms with E-state index in [0.717, 1.165) is 11.7 Å². The summed E-state index contributed by atoms with van der Waals surface area (Å²) >= 11 is 1.87. The number of carboxylic acid groups (broad SMARTS) is 1. The highest BCUT2D eigenvalue weighted by Gasteiger charge is 2.22. The van der Waals surface area contributed by atoms with Gasteiger partial charge in [0.05, 0.1) is 0 Å².